The van der Waals surface area contributed by atoms with Crippen molar-refractivity contribution in [2.45, 2.75) is 91.8 Å². The van der Waals surface area contributed by atoms with Gasteiger partial charge in [-0.1, -0.05) is 33.3 Å². The van der Waals surface area contributed by atoms with E-state index in [1.165, 1.54) is 12.5 Å². The van der Waals surface area contributed by atoms with Crippen molar-refractivity contribution in [3.05, 3.63) is 11.6 Å². The molecule has 30 heavy (non-hydrogen) atoms. The zero-order valence-corrected chi connectivity index (χ0v) is 19.0. The summed E-state index contributed by atoms with van der Waals surface area (Å²) in [6, 6.07) is 0. The van der Waals surface area contributed by atoms with Gasteiger partial charge >= 0.3 is 11.9 Å². The first-order valence-corrected chi connectivity index (χ1v) is 11.7. The molecule has 0 aromatic carbocycles. The predicted molar refractivity (Wildman–Crippen MR) is 112 cm³/mol. The van der Waals surface area contributed by atoms with Crippen LogP contribution in [0.25, 0.3) is 0 Å². The maximum Gasteiger partial charge on any atom is 0.308 e. The summed E-state index contributed by atoms with van der Waals surface area (Å²) in [4.78, 5) is 36.9. The van der Waals surface area contributed by atoms with Gasteiger partial charge < -0.3 is 9.47 Å². The van der Waals surface area contributed by atoms with Crippen molar-refractivity contribution in [2.75, 3.05) is 0 Å². The zero-order valence-electron chi connectivity index (χ0n) is 19.0. The molecule has 1 unspecified atom stereocenters. The molecule has 4 aliphatic carbocycles. The Labute approximate surface area is 179 Å². The highest BCUT2D eigenvalue weighted by Crippen LogP contribution is 2.64. The number of ether oxygens (including phenoxy) is 2. The van der Waals surface area contributed by atoms with E-state index in [9.17, 15) is 14.4 Å². The van der Waals surface area contributed by atoms with E-state index in [0.29, 0.717) is 18.1 Å². The Hall–Kier alpha value is -1.65. The fourth-order valence-corrected chi connectivity index (χ4v) is 7.08. The third kappa shape index (κ3) is 3.33. The van der Waals surface area contributed by atoms with E-state index >= 15 is 0 Å². The molecule has 3 saturated carbocycles. The first-order valence-electron chi connectivity index (χ1n) is 11.7. The normalized spacial score (nSPS) is 42.7. The summed E-state index contributed by atoms with van der Waals surface area (Å²) in [6.07, 6.45) is 7.82. The molecule has 0 saturated heterocycles. The van der Waals surface area contributed by atoms with Crippen molar-refractivity contribution in [1.29, 1.82) is 0 Å². The minimum Gasteiger partial charge on any atom is -0.462 e. The molecular weight excluding hydrogens is 380 g/mol. The van der Waals surface area contributed by atoms with Crippen LogP contribution in [0.2, 0.25) is 0 Å². The summed E-state index contributed by atoms with van der Waals surface area (Å²) < 4.78 is 11.6. The molecule has 5 nitrogen and oxygen atoms in total. The molecule has 0 heterocycles. The summed E-state index contributed by atoms with van der Waals surface area (Å²) in [6.45, 7) is 9.68. The van der Waals surface area contributed by atoms with Gasteiger partial charge in [-0.3, -0.25) is 14.4 Å². The van der Waals surface area contributed by atoms with Gasteiger partial charge in [-0.05, 0) is 55.4 Å². The summed E-state index contributed by atoms with van der Waals surface area (Å²) in [7, 11) is 0. The van der Waals surface area contributed by atoms with Crippen LogP contribution in [0.1, 0.15) is 79.6 Å². The van der Waals surface area contributed by atoms with Gasteiger partial charge in [-0.15, -0.1) is 0 Å². The summed E-state index contributed by atoms with van der Waals surface area (Å²) in [5, 5.41) is 0. The summed E-state index contributed by atoms with van der Waals surface area (Å²) in [5.41, 5.74) is 1.02. The Morgan fingerprint density at radius 3 is 2.37 bits per heavy atom. The predicted octanol–water partition coefficient (Wildman–Crippen LogP) is 4.63. The smallest absolute Gasteiger partial charge is 0.308 e. The van der Waals surface area contributed by atoms with Crippen molar-refractivity contribution in [2.24, 2.45) is 34.5 Å². The molecule has 0 radical (unpaired) electrons. The molecule has 166 valence electrons. The van der Waals surface area contributed by atoms with E-state index in [2.05, 4.69) is 19.9 Å². The Balaban J connectivity index is 1.72. The van der Waals surface area contributed by atoms with E-state index in [4.69, 9.17) is 9.47 Å². The first-order chi connectivity index (χ1) is 14.1. The van der Waals surface area contributed by atoms with Gasteiger partial charge in [0, 0.05) is 31.1 Å². The van der Waals surface area contributed by atoms with Crippen LogP contribution >= 0.6 is 0 Å². The van der Waals surface area contributed by atoms with E-state index < -0.39 is 0 Å². The Kier molecular flexibility index (Phi) is 5.39. The van der Waals surface area contributed by atoms with Gasteiger partial charge in [0.25, 0.3) is 0 Å². The molecular formula is C25H36O5. The van der Waals surface area contributed by atoms with Crippen molar-refractivity contribution >= 4 is 17.7 Å². The molecule has 0 aliphatic heterocycles. The molecule has 0 amide bonds. The second kappa shape index (κ2) is 7.49. The largest absolute Gasteiger partial charge is 0.462 e. The highest BCUT2D eigenvalue weighted by atomic mass is 16.5. The molecule has 7 atom stereocenters. The topological polar surface area (TPSA) is 69.7 Å². The van der Waals surface area contributed by atoms with Gasteiger partial charge in [-0.2, -0.15) is 0 Å². The quantitative estimate of drug-likeness (QED) is 0.496. The number of carbonyl (C=O) groups excluding carboxylic acids is 3. The minimum absolute atomic E-state index is 0.0228. The Morgan fingerprint density at radius 2 is 1.70 bits per heavy atom. The average Bonchev–Trinajstić information content (AvgIpc) is 2.97. The number of rotatable bonds is 3. The van der Waals surface area contributed by atoms with Gasteiger partial charge in [0.2, 0.25) is 0 Å². The fraction of sp³-hybridized carbons (Fsp3) is 0.800. The highest BCUT2D eigenvalue weighted by Gasteiger charge is 2.61. The Bertz CT molecular complexity index is 782. The molecule has 3 fully saturated rings. The second-order valence-electron chi connectivity index (χ2n) is 10.8. The molecule has 4 rings (SSSR count). The van der Waals surface area contributed by atoms with Crippen LogP contribution in [-0.2, 0) is 23.9 Å². The summed E-state index contributed by atoms with van der Waals surface area (Å²) >= 11 is 0. The Morgan fingerprint density at radius 1 is 1.03 bits per heavy atom. The molecule has 0 bridgehead atoms. The van der Waals surface area contributed by atoms with Crippen molar-refractivity contribution in [1.82, 2.24) is 0 Å². The lowest BCUT2D eigenvalue weighted by molar-refractivity contribution is -0.164. The molecule has 4 aliphatic rings. The van der Waals surface area contributed by atoms with Gasteiger partial charge in [-0.25, -0.2) is 0 Å². The third-order valence-corrected chi connectivity index (χ3v) is 8.83. The van der Waals surface area contributed by atoms with Crippen LogP contribution in [0.4, 0.5) is 0 Å². The van der Waals surface area contributed by atoms with Crippen molar-refractivity contribution in [3.8, 4) is 0 Å². The van der Waals surface area contributed by atoms with Crippen LogP contribution in [-0.4, -0.2) is 29.9 Å². The lowest BCUT2D eigenvalue weighted by Crippen LogP contribution is -2.55. The SMILES string of the molecule is CC(=O)O[C@H]1CC[C@@]2(C)C(=CC(OC(=O)C(C)C)[C@@H]3[C@@H]2CC[C@]2(C)C(=O)CC[C@@H]32)C1. The van der Waals surface area contributed by atoms with Gasteiger partial charge in [0.1, 0.15) is 18.0 Å². The van der Waals surface area contributed by atoms with Crippen LogP contribution in [0.3, 0.4) is 0 Å². The third-order valence-electron chi connectivity index (χ3n) is 8.83. The molecule has 5 heteroatoms. The van der Waals surface area contributed by atoms with Crippen molar-refractivity contribution < 1.29 is 23.9 Å². The van der Waals surface area contributed by atoms with E-state index in [1.807, 2.05) is 13.8 Å². The van der Waals surface area contributed by atoms with Gasteiger partial charge in [0.05, 0.1) is 5.92 Å². The number of esters is 2. The summed E-state index contributed by atoms with van der Waals surface area (Å²) in [5.74, 6) is 0.645. The van der Waals surface area contributed by atoms with Crippen LogP contribution in [0, 0.1) is 34.5 Å². The van der Waals surface area contributed by atoms with E-state index in [-0.39, 0.29) is 52.7 Å². The standard InChI is InChI=1S/C25H36O5/c1-14(2)23(28)30-20-13-16-12-17(29-15(3)26)8-10-24(16,4)19-9-11-25(5)18(22(19)20)6-7-21(25)27/h13-14,17-20,22H,6-12H2,1-5H3/t17-,18-,19-,20?,22-,24-,25-/m0/s1. The van der Waals surface area contributed by atoms with Crippen LogP contribution < -0.4 is 0 Å². The van der Waals surface area contributed by atoms with Gasteiger partial charge in [0.15, 0.2) is 0 Å². The lowest BCUT2D eigenvalue weighted by atomic mass is 9.47. The first kappa shape index (κ1) is 21.6. The highest BCUT2D eigenvalue weighted by molar-refractivity contribution is 5.87. The molecule has 0 spiro atoms. The number of ketones is 1. The minimum atomic E-state index is -0.292. The molecule has 0 aromatic heterocycles. The maximum absolute atomic E-state index is 12.8. The van der Waals surface area contributed by atoms with Crippen molar-refractivity contribution in [3.63, 3.8) is 0 Å². The number of hydrogen-bond acceptors (Lipinski definition) is 5. The average molecular weight is 417 g/mol. The lowest BCUT2D eigenvalue weighted by Gasteiger charge is -2.58. The monoisotopic (exact) mass is 416 g/mol. The number of hydrogen-bond donors (Lipinski definition) is 0. The number of carbonyl (C=O) groups is 3. The van der Waals surface area contributed by atoms with Crippen LogP contribution in [0.15, 0.2) is 11.6 Å². The number of fused-ring (bicyclic) bond motifs is 5. The van der Waals surface area contributed by atoms with E-state index in [1.54, 1.807) is 0 Å². The number of Topliss-reactive ketones (excluding diaryl/α,β-unsaturated/α-hetero) is 1. The maximum atomic E-state index is 12.8. The molecule has 0 N–H and O–H groups in total. The second-order valence-corrected chi connectivity index (χ2v) is 10.8. The van der Waals surface area contributed by atoms with E-state index in [0.717, 1.165) is 38.5 Å². The fourth-order valence-electron chi connectivity index (χ4n) is 7.08. The van der Waals surface area contributed by atoms with Crippen LogP contribution in [0.5, 0.6) is 0 Å². The molecule has 0 aromatic rings. The zero-order chi connectivity index (χ0) is 21.8.